The van der Waals surface area contributed by atoms with Crippen LogP contribution in [0.2, 0.25) is 0 Å². The molecule has 21 heavy (non-hydrogen) atoms. The monoisotopic (exact) mass is 332 g/mol. The topological polar surface area (TPSA) is 77.7 Å². The first-order valence-electron chi connectivity index (χ1n) is 6.32. The van der Waals surface area contributed by atoms with Gasteiger partial charge in [-0.1, -0.05) is 26.8 Å². The minimum absolute atomic E-state index is 0.102. The lowest BCUT2D eigenvalue weighted by atomic mass is 10.1. The van der Waals surface area contributed by atoms with E-state index in [2.05, 4.69) is 26.0 Å². The molecule has 1 aliphatic rings. The Kier molecular flexibility index (Phi) is 7.77. The molecule has 118 valence electrons. The average molecular weight is 332 g/mol. The lowest BCUT2D eigenvalue weighted by Crippen LogP contribution is -2.39. The number of rotatable bonds is 5. The molecule has 0 aromatic carbocycles. The van der Waals surface area contributed by atoms with E-state index >= 15 is 0 Å². The maximum atomic E-state index is 11.4. The summed E-state index contributed by atoms with van der Waals surface area (Å²) in [7, 11) is 6.10. The summed E-state index contributed by atoms with van der Waals surface area (Å²) in [6.45, 7) is 5.12. The molecular weight excluding hydrogens is 311 g/mol. The smallest absolute Gasteiger partial charge is 0.305 e. The van der Waals surface area contributed by atoms with E-state index in [-0.39, 0.29) is 17.5 Å². The molecule has 1 aromatic rings. The Morgan fingerprint density at radius 1 is 1.71 bits per heavy atom. The van der Waals surface area contributed by atoms with Crippen LogP contribution in [0.5, 0.6) is 0 Å². The first-order chi connectivity index (χ1) is 10.1. The van der Waals surface area contributed by atoms with Gasteiger partial charge in [0, 0.05) is 18.8 Å². The van der Waals surface area contributed by atoms with Gasteiger partial charge < -0.3 is 10.1 Å². The molecule has 1 aromatic heterocycles. The van der Waals surface area contributed by atoms with Crippen LogP contribution < -0.4 is 9.96 Å². The molecule has 0 spiro atoms. The van der Waals surface area contributed by atoms with Crippen molar-refractivity contribution in [3.05, 3.63) is 32.9 Å². The molecule has 2 rings (SSSR count). The maximum absolute atomic E-state index is 11.4. The summed E-state index contributed by atoms with van der Waals surface area (Å²) in [4.78, 5) is 33.4. The van der Waals surface area contributed by atoms with E-state index < -0.39 is 0 Å². The van der Waals surface area contributed by atoms with E-state index in [1.54, 1.807) is 6.08 Å². The molecule has 1 aliphatic heterocycles. The zero-order valence-corrected chi connectivity index (χ0v) is 14.1. The summed E-state index contributed by atoms with van der Waals surface area (Å²) in [6.07, 6.45) is 2.21. The zero-order chi connectivity index (χ0) is 15.8. The largest absolute Gasteiger partial charge is 0.315 e. The second-order valence-electron chi connectivity index (χ2n) is 4.41. The summed E-state index contributed by atoms with van der Waals surface area (Å²) < 4.78 is 0. The number of carbonyl (C=O) groups is 1. The van der Waals surface area contributed by atoms with Crippen LogP contribution >= 0.6 is 20.7 Å². The Morgan fingerprint density at radius 2 is 2.38 bits per heavy atom. The lowest BCUT2D eigenvalue weighted by molar-refractivity contribution is -0.185. The number of thiazole rings is 1. The van der Waals surface area contributed by atoms with Gasteiger partial charge in [0.15, 0.2) is 0 Å². The number of nitrogens with one attached hydrogen (secondary N) is 2. The number of aromatic nitrogens is 1. The quantitative estimate of drug-likeness (QED) is 0.355. The molecule has 0 saturated heterocycles. The molecule has 2 atom stereocenters. The number of hydrogen-bond donors (Lipinski definition) is 2. The zero-order valence-electron chi connectivity index (χ0n) is 12.2. The molecule has 7 nitrogen and oxygen atoms in total. The number of hydrogen-bond acceptors (Lipinski definition) is 6. The Balaban J connectivity index is 0.000000677. The van der Waals surface area contributed by atoms with E-state index in [0.29, 0.717) is 19.5 Å². The fraction of sp³-hybridized carbons (Fsp3) is 0.500. The molecule has 9 heteroatoms. The van der Waals surface area contributed by atoms with Crippen LogP contribution in [0.4, 0.5) is 0 Å². The first kappa shape index (κ1) is 18.0. The Bertz CT molecular complexity index is 519. The fourth-order valence-electron chi connectivity index (χ4n) is 2.00. The van der Waals surface area contributed by atoms with Crippen molar-refractivity contribution in [1.82, 2.24) is 20.0 Å². The summed E-state index contributed by atoms with van der Waals surface area (Å²) in [6, 6.07) is -0.250. The standard InChI is InChI=1S/C11H15N3O3S.CH6NP/c1-3-4-17-14(7-15)9-6-13(2)5-8-10(9)18-11(16)12-8;1-2-3/h3,7,9H,1,4-6H2,2H3,(H,12,16);2H,3H2,1H3/t9-;/m0./s1. The molecule has 0 aliphatic carbocycles. The third-order valence-corrected chi connectivity index (χ3v) is 3.75. The highest BCUT2D eigenvalue weighted by Crippen LogP contribution is 2.30. The van der Waals surface area contributed by atoms with E-state index in [4.69, 9.17) is 4.84 Å². The Hall–Kier alpha value is -1.05. The van der Waals surface area contributed by atoms with Crippen molar-refractivity contribution in [2.45, 2.75) is 12.6 Å². The fourth-order valence-corrected chi connectivity index (χ4v) is 2.93. The molecule has 2 heterocycles. The van der Waals surface area contributed by atoms with Crippen molar-refractivity contribution in [2.75, 3.05) is 27.2 Å². The third-order valence-electron chi connectivity index (χ3n) is 2.72. The van der Waals surface area contributed by atoms with Gasteiger partial charge in [-0.2, -0.15) is 0 Å². The van der Waals surface area contributed by atoms with Gasteiger partial charge in [-0.3, -0.25) is 19.3 Å². The van der Waals surface area contributed by atoms with Crippen LogP contribution in [-0.4, -0.2) is 48.6 Å². The van der Waals surface area contributed by atoms with Crippen LogP contribution in [0.25, 0.3) is 0 Å². The predicted octanol–water partition coefficient (Wildman–Crippen LogP) is 0.495. The van der Waals surface area contributed by atoms with E-state index in [9.17, 15) is 9.59 Å². The molecule has 0 fully saturated rings. The van der Waals surface area contributed by atoms with Crippen LogP contribution in [0.15, 0.2) is 17.4 Å². The van der Waals surface area contributed by atoms with Gasteiger partial charge in [0.1, 0.15) is 6.04 Å². The molecule has 1 amide bonds. The van der Waals surface area contributed by atoms with Crippen LogP contribution in [0.1, 0.15) is 16.6 Å². The minimum Gasteiger partial charge on any atom is -0.315 e. The normalized spacial score (nSPS) is 17.4. The van der Waals surface area contributed by atoms with Crippen molar-refractivity contribution in [3.8, 4) is 0 Å². The molecule has 2 N–H and O–H groups in total. The highest BCUT2D eigenvalue weighted by Gasteiger charge is 2.31. The van der Waals surface area contributed by atoms with Gasteiger partial charge in [0.05, 0.1) is 11.5 Å². The van der Waals surface area contributed by atoms with Crippen LogP contribution in [-0.2, 0) is 16.2 Å². The first-order valence-corrected chi connectivity index (χ1v) is 7.71. The van der Waals surface area contributed by atoms with Crippen LogP contribution in [0.3, 0.4) is 0 Å². The number of fused-ring (bicyclic) bond motifs is 1. The van der Waals surface area contributed by atoms with Crippen LogP contribution in [0, 0.1) is 0 Å². The van der Waals surface area contributed by atoms with Crippen molar-refractivity contribution in [3.63, 3.8) is 0 Å². The van der Waals surface area contributed by atoms with Gasteiger partial charge >= 0.3 is 4.87 Å². The Morgan fingerprint density at radius 3 is 2.95 bits per heavy atom. The van der Waals surface area contributed by atoms with E-state index in [1.165, 1.54) is 5.06 Å². The molecule has 0 saturated carbocycles. The second-order valence-corrected chi connectivity index (χ2v) is 6.00. The second kappa shape index (κ2) is 9.07. The summed E-state index contributed by atoms with van der Waals surface area (Å²) in [5, 5.41) is 3.92. The number of hydroxylamine groups is 2. The minimum atomic E-state index is -0.250. The SMILES string of the molecule is C=CCON(C=O)[C@H]1CN(C)Cc2[nH]c(=O)sc21.CNP. The molecule has 0 bridgehead atoms. The number of H-pyrrole nitrogens is 1. The molecular formula is C12H21N4O3PS. The van der Waals surface area contributed by atoms with Crippen molar-refractivity contribution < 1.29 is 9.63 Å². The van der Waals surface area contributed by atoms with Crippen molar-refractivity contribution >= 4 is 27.1 Å². The third kappa shape index (κ3) is 5.01. The number of carbonyl (C=O) groups excluding carboxylic acids is 1. The lowest BCUT2D eigenvalue weighted by Gasteiger charge is -2.33. The van der Waals surface area contributed by atoms with Gasteiger partial charge in [0.2, 0.25) is 6.41 Å². The summed E-state index contributed by atoms with van der Waals surface area (Å²) >= 11 is 1.13. The van der Waals surface area contributed by atoms with E-state index in [1.807, 2.05) is 19.0 Å². The summed E-state index contributed by atoms with van der Waals surface area (Å²) in [5.41, 5.74) is 0.859. The number of nitrogens with zero attached hydrogens (tertiary/aromatic N) is 2. The van der Waals surface area contributed by atoms with Crippen molar-refractivity contribution in [1.29, 1.82) is 0 Å². The van der Waals surface area contributed by atoms with Gasteiger partial charge in [-0.15, -0.1) is 6.58 Å². The number of likely N-dealkylation sites (N-methyl/N-ethyl adjacent to an activating group) is 1. The highest BCUT2D eigenvalue weighted by atomic mass is 32.1. The van der Waals surface area contributed by atoms with Crippen molar-refractivity contribution in [2.24, 2.45) is 0 Å². The average Bonchev–Trinajstić information content (AvgIpc) is 2.80. The number of amides is 1. The van der Waals surface area contributed by atoms with E-state index in [0.717, 1.165) is 21.9 Å². The maximum Gasteiger partial charge on any atom is 0.305 e. The summed E-state index contributed by atoms with van der Waals surface area (Å²) in [5.74, 6) is 0. The van der Waals surface area contributed by atoms with Gasteiger partial charge in [0.25, 0.3) is 0 Å². The van der Waals surface area contributed by atoms with Gasteiger partial charge in [-0.25, -0.2) is 5.06 Å². The Labute approximate surface area is 130 Å². The predicted molar refractivity (Wildman–Crippen MR) is 86.8 cm³/mol. The molecule has 1 unspecified atom stereocenters. The van der Waals surface area contributed by atoms with Gasteiger partial charge in [-0.05, 0) is 14.1 Å². The number of aromatic amines is 1. The highest BCUT2D eigenvalue weighted by molar-refractivity contribution is 7.13. The molecule has 0 radical (unpaired) electrons.